The number of phosphoric ester groups is 1. The Hall–Kier alpha value is 0.0300. The molecule has 2 rings (SSSR count). The van der Waals surface area contributed by atoms with Crippen LogP contribution >= 0.6 is 7.82 Å². The fourth-order valence-corrected chi connectivity index (χ4v) is 3.96. The van der Waals surface area contributed by atoms with E-state index in [1.807, 2.05) is 0 Å². The summed E-state index contributed by atoms with van der Waals surface area (Å²) in [6.45, 7) is 8.16. The SMILES string of the molecule is CC1(C)O[C@]2(C)COP(=O)(O)OC2(C)[C@@]1(C)O. The summed E-state index contributed by atoms with van der Waals surface area (Å²) in [7, 11) is -4.14. The molecule has 0 aromatic carbocycles. The molecule has 0 saturated carbocycles. The Morgan fingerprint density at radius 1 is 1.18 bits per heavy atom. The summed E-state index contributed by atoms with van der Waals surface area (Å²) in [5.74, 6) is 0. The molecule has 2 unspecified atom stereocenters. The van der Waals surface area contributed by atoms with Crippen molar-refractivity contribution in [2.75, 3.05) is 6.61 Å². The van der Waals surface area contributed by atoms with Gasteiger partial charge in [-0.05, 0) is 34.6 Å². The predicted octanol–water partition coefficient (Wildman–Crippen LogP) is 1.21. The van der Waals surface area contributed by atoms with Gasteiger partial charge in [0.25, 0.3) is 0 Å². The van der Waals surface area contributed by atoms with Gasteiger partial charge in [0.2, 0.25) is 0 Å². The van der Waals surface area contributed by atoms with Crippen LogP contribution in [0, 0.1) is 0 Å². The molecule has 0 aromatic heterocycles. The van der Waals surface area contributed by atoms with Crippen molar-refractivity contribution in [3.63, 3.8) is 0 Å². The number of ether oxygens (including phenoxy) is 1. The van der Waals surface area contributed by atoms with Crippen LogP contribution in [0.5, 0.6) is 0 Å². The average molecular weight is 266 g/mol. The second-order valence-corrected chi connectivity index (χ2v) is 7.16. The second-order valence-electron chi connectivity index (χ2n) is 5.78. The molecule has 0 amide bonds. The highest BCUT2D eigenvalue weighted by Gasteiger charge is 2.75. The maximum absolute atomic E-state index is 11.6. The van der Waals surface area contributed by atoms with Crippen LogP contribution in [0.1, 0.15) is 34.6 Å². The van der Waals surface area contributed by atoms with Crippen molar-refractivity contribution in [2.45, 2.75) is 57.0 Å². The third-order valence-electron chi connectivity index (χ3n) is 4.39. The smallest absolute Gasteiger partial charge is 0.384 e. The second kappa shape index (κ2) is 3.13. The predicted molar refractivity (Wildman–Crippen MR) is 59.5 cm³/mol. The Labute approximate surface area is 100 Å². The maximum Gasteiger partial charge on any atom is 0.473 e. The Morgan fingerprint density at radius 3 is 2.24 bits per heavy atom. The van der Waals surface area contributed by atoms with Crippen molar-refractivity contribution in [2.24, 2.45) is 0 Å². The van der Waals surface area contributed by atoms with Crippen molar-refractivity contribution >= 4 is 7.82 Å². The molecular formula is C10H19O6P. The van der Waals surface area contributed by atoms with E-state index in [1.165, 1.54) is 0 Å². The summed E-state index contributed by atoms with van der Waals surface area (Å²) in [5, 5.41) is 10.6. The van der Waals surface area contributed by atoms with Crippen LogP contribution in [-0.4, -0.2) is 39.0 Å². The fourth-order valence-electron chi connectivity index (χ4n) is 2.66. The van der Waals surface area contributed by atoms with Crippen molar-refractivity contribution in [3.05, 3.63) is 0 Å². The van der Waals surface area contributed by atoms with Gasteiger partial charge in [0, 0.05) is 0 Å². The topological polar surface area (TPSA) is 85.2 Å². The first-order valence-electron chi connectivity index (χ1n) is 5.48. The van der Waals surface area contributed by atoms with Crippen LogP contribution in [-0.2, 0) is 18.3 Å². The number of hydrogen-bond donors (Lipinski definition) is 2. The van der Waals surface area contributed by atoms with Crippen LogP contribution in [0.25, 0.3) is 0 Å². The number of rotatable bonds is 0. The molecule has 2 N–H and O–H groups in total. The molecule has 6 nitrogen and oxygen atoms in total. The van der Waals surface area contributed by atoms with Gasteiger partial charge in [-0.1, -0.05) is 0 Å². The van der Waals surface area contributed by atoms with E-state index in [0.29, 0.717) is 0 Å². The van der Waals surface area contributed by atoms with Crippen molar-refractivity contribution in [3.8, 4) is 0 Å². The van der Waals surface area contributed by atoms with E-state index < -0.39 is 30.2 Å². The number of hydrogen-bond acceptors (Lipinski definition) is 5. The zero-order chi connectivity index (χ0) is 13.3. The van der Waals surface area contributed by atoms with E-state index in [4.69, 9.17) is 13.8 Å². The van der Waals surface area contributed by atoms with Gasteiger partial charge in [0.1, 0.15) is 16.8 Å². The van der Waals surface area contributed by atoms with Gasteiger partial charge >= 0.3 is 7.82 Å². The molecule has 0 aromatic rings. The van der Waals surface area contributed by atoms with Crippen LogP contribution < -0.4 is 0 Å². The highest BCUT2D eigenvalue weighted by molar-refractivity contribution is 7.47. The summed E-state index contributed by atoms with van der Waals surface area (Å²) < 4.78 is 27.3. The average Bonchev–Trinajstić information content (AvgIpc) is 2.20. The van der Waals surface area contributed by atoms with Crippen molar-refractivity contribution in [1.29, 1.82) is 0 Å². The third kappa shape index (κ3) is 1.49. The van der Waals surface area contributed by atoms with Crippen LogP contribution in [0.3, 0.4) is 0 Å². The van der Waals surface area contributed by atoms with Gasteiger partial charge in [-0.25, -0.2) is 4.57 Å². The molecule has 2 saturated heterocycles. The molecule has 2 aliphatic rings. The normalized spacial score (nSPS) is 57.8. The lowest BCUT2D eigenvalue weighted by Crippen LogP contribution is -2.64. The molecule has 0 radical (unpaired) electrons. The van der Waals surface area contributed by atoms with Gasteiger partial charge in [-0.15, -0.1) is 0 Å². The molecule has 2 fully saturated rings. The highest BCUT2D eigenvalue weighted by Crippen LogP contribution is 2.64. The van der Waals surface area contributed by atoms with E-state index in [2.05, 4.69) is 0 Å². The number of aliphatic hydroxyl groups is 1. The largest absolute Gasteiger partial charge is 0.473 e. The van der Waals surface area contributed by atoms with Gasteiger partial charge < -0.3 is 14.7 Å². The number of phosphoric acid groups is 1. The first-order valence-corrected chi connectivity index (χ1v) is 6.97. The standard InChI is InChI=1S/C10H19O6P/c1-7(2)9(4,11)10(5)8(3,15-7)6-14-17(12,13)16-10/h11H,6H2,1-5H3,(H,12,13)/t8-,9+,10?/m1/s1. The molecule has 0 aliphatic carbocycles. The van der Waals surface area contributed by atoms with Gasteiger partial charge in [0.15, 0.2) is 0 Å². The number of fused-ring (bicyclic) bond motifs is 1. The molecule has 4 atom stereocenters. The Kier molecular flexibility index (Phi) is 2.48. The van der Waals surface area contributed by atoms with E-state index in [-0.39, 0.29) is 6.61 Å². The minimum Gasteiger partial charge on any atom is -0.384 e. The summed E-state index contributed by atoms with van der Waals surface area (Å²) in [6, 6.07) is 0. The molecule has 2 aliphatic heterocycles. The Bertz CT molecular complexity index is 406. The quantitative estimate of drug-likeness (QED) is 0.641. The molecule has 17 heavy (non-hydrogen) atoms. The third-order valence-corrected chi connectivity index (χ3v) is 5.44. The summed E-state index contributed by atoms with van der Waals surface area (Å²) in [4.78, 5) is 9.45. The maximum atomic E-state index is 11.6. The van der Waals surface area contributed by atoms with E-state index >= 15 is 0 Å². The molecule has 100 valence electrons. The van der Waals surface area contributed by atoms with Crippen LogP contribution in [0.15, 0.2) is 0 Å². The van der Waals surface area contributed by atoms with Crippen molar-refractivity contribution < 1.29 is 28.3 Å². The van der Waals surface area contributed by atoms with Gasteiger partial charge in [0.05, 0.1) is 12.2 Å². The minimum absolute atomic E-state index is 0.100. The van der Waals surface area contributed by atoms with Crippen LogP contribution in [0.2, 0.25) is 0 Å². The summed E-state index contributed by atoms with van der Waals surface area (Å²) in [5.41, 5.74) is -4.62. The van der Waals surface area contributed by atoms with Gasteiger partial charge in [-0.2, -0.15) is 0 Å². The van der Waals surface area contributed by atoms with E-state index in [0.717, 1.165) is 0 Å². The lowest BCUT2D eigenvalue weighted by molar-refractivity contribution is -0.182. The first-order chi connectivity index (χ1) is 7.37. The molecule has 2 heterocycles. The lowest BCUT2D eigenvalue weighted by Gasteiger charge is -2.48. The highest BCUT2D eigenvalue weighted by atomic mass is 31.2. The summed E-state index contributed by atoms with van der Waals surface area (Å²) in [6.07, 6.45) is 0. The molecule has 0 spiro atoms. The lowest BCUT2D eigenvalue weighted by atomic mass is 9.71. The Morgan fingerprint density at radius 2 is 1.71 bits per heavy atom. The zero-order valence-corrected chi connectivity index (χ0v) is 11.6. The first kappa shape index (κ1) is 13.5. The molecular weight excluding hydrogens is 247 g/mol. The minimum atomic E-state index is -4.14. The van der Waals surface area contributed by atoms with Gasteiger partial charge in [-0.3, -0.25) is 9.05 Å². The Balaban J connectivity index is 2.56. The van der Waals surface area contributed by atoms with Crippen LogP contribution in [0.4, 0.5) is 0 Å². The monoisotopic (exact) mass is 266 g/mol. The molecule has 7 heteroatoms. The molecule has 0 bridgehead atoms. The van der Waals surface area contributed by atoms with E-state index in [1.54, 1.807) is 34.6 Å². The van der Waals surface area contributed by atoms with Crippen molar-refractivity contribution in [1.82, 2.24) is 0 Å². The van der Waals surface area contributed by atoms with E-state index in [9.17, 15) is 14.6 Å². The zero-order valence-electron chi connectivity index (χ0n) is 10.7. The summed E-state index contributed by atoms with van der Waals surface area (Å²) >= 11 is 0. The fraction of sp³-hybridized carbons (Fsp3) is 1.00.